The Hall–Kier alpha value is -1.88. The first kappa shape index (κ1) is 17.2. The minimum absolute atomic E-state index is 0.0934. The van der Waals surface area contributed by atoms with Crippen molar-refractivity contribution in [2.75, 3.05) is 18.5 Å². The number of aryl methyl sites for hydroxylation is 1. The molecule has 116 valence electrons. The van der Waals surface area contributed by atoms with Crippen molar-refractivity contribution in [1.29, 1.82) is 0 Å². The number of aliphatic hydroxyl groups is 1. The van der Waals surface area contributed by atoms with Crippen molar-refractivity contribution in [1.82, 2.24) is 5.32 Å². The van der Waals surface area contributed by atoms with Crippen LogP contribution in [0.25, 0.3) is 0 Å². The quantitative estimate of drug-likeness (QED) is 0.671. The zero-order valence-electron chi connectivity index (χ0n) is 12.7. The summed E-state index contributed by atoms with van der Waals surface area (Å²) in [6, 6.07) is 7.25. The van der Waals surface area contributed by atoms with Crippen LogP contribution in [0.5, 0.6) is 0 Å². The van der Waals surface area contributed by atoms with Crippen molar-refractivity contribution < 1.29 is 14.7 Å². The Morgan fingerprint density at radius 3 is 2.38 bits per heavy atom. The Kier molecular flexibility index (Phi) is 7.46. The van der Waals surface area contributed by atoms with Crippen LogP contribution in [0, 0.1) is 12.8 Å². The predicted molar refractivity (Wildman–Crippen MR) is 82.9 cm³/mol. The average molecular weight is 292 g/mol. The Bertz CT molecular complexity index is 451. The van der Waals surface area contributed by atoms with Crippen molar-refractivity contribution in [2.24, 2.45) is 5.92 Å². The molecule has 0 aliphatic rings. The van der Waals surface area contributed by atoms with Gasteiger partial charge < -0.3 is 15.7 Å². The molecule has 0 aliphatic heterocycles. The third kappa shape index (κ3) is 6.40. The first-order valence-corrected chi connectivity index (χ1v) is 7.33. The van der Waals surface area contributed by atoms with Crippen molar-refractivity contribution in [3.63, 3.8) is 0 Å². The van der Waals surface area contributed by atoms with E-state index in [-0.39, 0.29) is 12.5 Å². The number of hydrogen-bond donors (Lipinski definition) is 3. The van der Waals surface area contributed by atoms with Gasteiger partial charge in [-0.1, -0.05) is 31.0 Å². The van der Waals surface area contributed by atoms with Crippen LogP contribution in [0.4, 0.5) is 5.69 Å². The van der Waals surface area contributed by atoms with Crippen molar-refractivity contribution in [2.45, 2.75) is 33.1 Å². The lowest BCUT2D eigenvalue weighted by Gasteiger charge is -2.15. The molecule has 0 bridgehead atoms. The largest absolute Gasteiger partial charge is 0.396 e. The van der Waals surface area contributed by atoms with Gasteiger partial charge in [0.25, 0.3) is 0 Å². The molecular formula is C16H24N2O3. The number of aliphatic hydroxyl groups excluding tert-OH is 1. The fourth-order valence-electron chi connectivity index (χ4n) is 2.08. The van der Waals surface area contributed by atoms with Crippen LogP contribution in [0.1, 0.15) is 31.7 Å². The summed E-state index contributed by atoms with van der Waals surface area (Å²) >= 11 is 0. The summed E-state index contributed by atoms with van der Waals surface area (Å²) in [6.45, 7) is 4.51. The number of benzene rings is 1. The second kappa shape index (κ2) is 9.13. The molecule has 21 heavy (non-hydrogen) atoms. The average Bonchev–Trinajstić information content (AvgIpc) is 2.47. The second-order valence-corrected chi connectivity index (χ2v) is 5.20. The van der Waals surface area contributed by atoms with E-state index in [1.165, 1.54) is 0 Å². The minimum Gasteiger partial charge on any atom is -0.396 e. The van der Waals surface area contributed by atoms with E-state index in [2.05, 4.69) is 17.6 Å². The molecule has 0 aliphatic carbocycles. The summed E-state index contributed by atoms with van der Waals surface area (Å²) in [5.41, 5.74) is 1.69. The molecule has 1 aromatic carbocycles. The van der Waals surface area contributed by atoms with Crippen molar-refractivity contribution in [3.05, 3.63) is 29.8 Å². The van der Waals surface area contributed by atoms with E-state index < -0.39 is 11.8 Å². The Labute approximate surface area is 125 Å². The molecule has 1 aromatic rings. The SMILES string of the molecule is CCCC(CCO)CNC(=O)C(=O)Nc1ccc(C)cc1. The summed E-state index contributed by atoms with van der Waals surface area (Å²) < 4.78 is 0. The highest BCUT2D eigenvalue weighted by molar-refractivity contribution is 6.39. The zero-order chi connectivity index (χ0) is 15.7. The maximum Gasteiger partial charge on any atom is 0.313 e. The molecule has 1 rings (SSSR count). The molecule has 3 N–H and O–H groups in total. The van der Waals surface area contributed by atoms with E-state index in [1.807, 2.05) is 19.1 Å². The number of anilines is 1. The van der Waals surface area contributed by atoms with E-state index in [1.54, 1.807) is 12.1 Å². The Morgan fingerprint density at radius 2 is 1.81 bits per heavy atom. The van der Waals surface area contributed by atoms with Crippen LogP contribution >= 0.6 is 0 Å². The molecule has 0 spiro atoms. The lowest BCUT2D eigenvalue weighted by molar-refractivity contribution is -0.136. The van der Waals surface area contributed by atoms with Gasteiger partial charge in [0.05, 0.1) is 0 Å². The Morgan fingerprint density at radius 1 is 1.14 bits per heavy atom. The van der Waals surface area contributed by atoms with Gasteiger partial charge >= 0.3 is 11.8 Å². The van der Waals surface area contributed by atoms with Crippen LogP contribution in [0.15, 0.2) is 24.3 Å². The van der Waals surface area contributed by atoms with Gasteiger partial charge in [0.15, 0.2) is 0 Å². The molecule has 1 unspecified atom stereocenters. The van der Waals surface area contributed by atoms with Gasteiger partial charge in [-0.15, -0.1) is 0 Å². The fraction of sp³-hybridized carbons (Fsp3) is 0.500. The predicted octanol–water partition coefficient (Wildman–Crippen LogP) is 1.85. The van der Waals surface area contributed by atoms with E-state index in [0.29, 0.717) is 18.7 Å². The van der Waals surface area contributed by atoms with Crippen LogP contribution in [-0.4, -0.2) is 30.1 Å². The molecule has 0 fully saturated rings. The highest BCUT2D eigenvalue weighted by Crippen LogP contribution is 2.10. The highest BCUT2D eigenvalue weighted by atomic mass is 16.3. The highest BCUT2D eigenvalue weighted by Gasteiger charge is 2.15. The zero-order valence-corrected chi connectivity index (χ0v) is 12.7. The van der Waals surface area contributed by atoms with E-state index in [4.69, 9.17) is 5.11 Å². The molecule has 2 amide bonds. The first-order valence-electron chi connectivity index (χ1n) is 7.33. The normalized spacial score (nSPS) is 11.8. The van der Waals surface area contributed by atoms with Crippen molar-refractivity contribution in [3.8, 4) is 0 Å². The summed E-state index contributed by atoms with van der Waals surface area (Å²) in [5, 5.41) is 14.1. The number of amides is 2. The number of hydrogen-bond acceptors (Lipinski definition) is 3. The Balaban J connectivity index is 2.43. The van der Waals surface area contributed by atoms with Crippen LogP contribution in [-0.2, 0) is 9.59 Å². The first-order chi connectivity index (χ1) is 10.1. The van der Waals surface area contributed by atoms with E-state index in [0.717, 1.165) is 18.4 Å². The molecule has 1 atom stereocenters. The number of carbonyl (C=O) groups excluding carboxylic acids is 2. The van der Waals surface area contributed by atoms with Gasteiger partial charge in [-0.25, -0.2) is 0 Å². The van der Waals surface area contributed by atoms with Gasteiger partial charge in [-0.2, -0.15) is 0 Å². The lowest BCUT2D eigenvalue weighted by atomic mass is 10.0. The number of rotatable bonds is 7. The summed E-state index contributed by atoms with van der Waals surface area (Å²) in [6.07, 6.45) is 2.53. The molecule has 5 nitrogen and oxygen atoms in total. The molecule has 0 heterocycles. The van der Waals surface area contributed by atoms with Crippen LogP contribution < -0.4 is 10.6 Å². The van der Waals surface area contributed by atoms with E-state index in [9.17, 15) is 9.59 Å². The summed E-state index contributed by atoms with van der Waals surface area (Å²) in [4.78, 5) is 23.5. The molecule has 0 radical (unpaired) electrons. The number of carbonyl (C=O) groups is 2. The molecular weight excluding hydrogens is 268 g/mol. The minimum atomic E-state index is -0.668. The van der Waals surface area contributed by atoms with Gasteiger partial charge in [-0.3, -0.25) is 9.59 Å². The fourth-order valence-corrected chi connectivity index (χ4v) is 2.08. The topological polar surface area (TPSA) is 78.4 Å². The third-order valence-electron chi connectivity index (χ3n) is 3.30. The lowest BCUT2D eigenvalue weighted by Crippen LogP contribution is -2.38. The van der Waals surface area contributed by atoms with Gasteiger partial charge in [0.1, 0.15) is 0 Å². The van der Waals surface area contributed by atoms with Gasteiger partial charge in [0, 0.05) is 18.8 Å². The number of nitrogens with one attached hydrogen (secondary N) is 2. The third-order valence-corrected chi connectivity index (χ3v) is 3.30. The van der Waals surface area contributed by atoms with Gasteiger partial charge in [0.2, 0.25) is 0 Å². The molecule has 0 saturated heterocycles. The van der Waals surface area contributed by atoms with Crippen molar-refractivity contribution >= 4 is 17.5 Å². The summed E-state index contributed by atoms with van der Waals surface area (Å²) in [5.74, 6) is -1.11. The van der Waals surface area contributed by atoms with Crippen LogP contribution in [0.2, 0.25) is 0 Å². The maximum absolute atomic E-state index is 11.8. The maximum atomic E-state index is 11.8. The molecule has 0 saturated carbocycles. The monoisotopic (exact) mass is 292 g/mol. The van der Waals surface area contributed by atoms with E-state index >= 15 is 0 Å². The summed E-state index contributed by atoms with van der Waals surface area (Å²) in [7, 11) is 0. The smallest absolute Gasteiger partial charge is 0.313 e. The molecule has 0 aromatic heterocycles. The standard InChI is InChI=1S/C16H24N2O3/c1-3-4-13(9-10-19)11-17-15(20)16(21)18-14-7-5-12(2)6-8-14/h5-8,13,19H,3-4,9-11H2,1-2H3,(H,17,20)(H,18,21). The van der Waals surface area contributed by atoms with Crippen LogP contribution in [0.3, 0.4) is 0 Å². The molecule has 5 heteroatoms. The van der Waals surface area contributed by atoms with Gasteiger partial charge in [-0.05, 0) is 37.8 Å². The second-order valence-electron chi connectivity index (χ2n) is 5.20.